The Morgan fingerprint density at radius 1 is 1.14 bits per heavy atom. The van der Waals surface area contributed by atoms with Crippen molar-refractivity contribution in [2.45, 2.75) is 63.0 Å². The van der Waals surface area contributed by atoms with Gasteiger partial charge in [0.05, 0.1) is 22.7 Å². The maximum atomic E-state index is 12.8. The number of rotatable bonds is 5. The molecule has 1 aromatic carbocycles. The fourth-order valence-electron chi connectivity index (χ4n) is 5.27. The number of amides is 1. The Labute approximate surface area is 174 Å². The zero-order valence-corrected chi connectivity index (χ0v) is 17.4. The van der Waals surface area contributed by atoms with Crippen LogP contribution in [0.3, 0.4) is 0 Å². The van der Waals surface area contributed by atoms with Gasteiger partial charge in [-0.2, -0.15) is 0 Å². The standard InChI is InChI=1S/C22H26N2O4S/c1-27-20(26)21-5-8-22(9-6-21,10-7-21)24-19(25)14-11-15(12-14)28-16-3-2-4-17-18(16)23-13-29-17/h2-4,13-15H,5-12H2,1H3,(H,24,25). The molecule has 0 radical (unpaired) electrons. The number of hydrogen-bond acceptors (Lipinski definition) is 6. The highest BCUT2D eigenvalue weighted by molar-refractivity contribution is 7.16. The summed E-state index contributed by atoms with van der Waals surface area (Å²) < 4.78 is 12.3. The number of hydrogen-bond donors (Lipinski definition) is 1. The number of esters is 1. The molecule has 7 heteroatoms. The highest BCUT2D eigenvalue weighted by atomic mass is 32.1. The Hall–Kier alpha value is -2.15. The highest BCUT2D eigenvalue weighted by Gasteiger charge is 2.54. The highest BCUT2D eigenvalue weighted by Crippen LogP contribution is 2.53. The predicted octanol–water partition coefficient (Wildman–Crippen LogP) is 3.84. The number of ether oxygens (including phenoxy) is 2. The minimum atomic E-state index is -0.312. The molecule has 4 saturated carbocycles. The fourth-order valence-corrected chi connectivity index (χ4v) is 5.96. The number of aromatic nitrogens is 1. The lowest BCUT2D eigenvalue weighted by Gasteiger charge is -2.52. The minimum absolute atomic E-state index is 0.0122. The smallest absolute Gasteiger partial charge is 0.311 e. The third-order valence-corrected chi connectivity index (χ3v) is 8.13. The van der Waals surface area contributed by atoms with Crippen molar-refractivity contribution in [2.24, 2.45) is 11.3 Å². The number of nitrogens with one attached hydrogen (secondary N) is 1. The van der Waals surface area contributed by atoms with Crippen LogP contribution in [0.15, 0.2) is 23.7 Å². The summed E-state index contributed by atoms with van der Waals surface area (Å²) in [6.45, 7) is 0. The van der Waals surface area contributed by atoms with E-state index in [0.717, 1.165) is 67.3 Å². The van der Waals surface area contributed by atoms with Crippen molar-refractivity contribution in [3.05, 3.63) is 23.7 Å². The molecule has 29 heavy (non-hydrogen) atoms. The molecule has 1 aromatic heterocycles. The van der Waals surface area contributed by atoms with Crippen molar-refractivity contribution in [3.63, 3.8) is 0 Å². The van der Waals surface area contributed by atoms with Crippen LogP contribution < -0.4 is 10.1 Å². The van der Waals surface area contributed by atoms with Gasteiger partial charge in [0.2, 0.25) is 5.91 Å². The topological polar surface area (TPSA) is 77.5 Å². The Balaban J connectivity index is 1.15. The van der Waals surface area contributed by atoms with E-state index in [1.54, 1.807) is 11.3 Å². The predicted molar refractivity (Wildman–Crippen MR) is 110 cm³/mol. The van der Waals surface area contributed by atoms with Gasteiger partial charge in [-0.05, 0) is 63.5 Å². The van der Waals surface area contributed by atoms with Crippen molar-refractivity contribution in [3.8, 4) is 5.75 Å². The number of benzene rings is 1. The molecule has 4 aliphatic carbocycles. The normalized spacial score (nSPS) is 33.1. The van der Waals surface area contributed by atoms with E-state index >= 15 is 0 Å². The SMILES string of the molecule is COC(=O)C12CCC(NC(=O)C3CC(Oc4cccc5scnc45)C3)(CC1)CC2. The van der Waals surface area contributed by atoms with Crippen molar-refractivity contribution in [1.29, 1.82) is 0 Å². The summed E-state index contributed by atoms with van der Waals surface area (Å²) in [5.74, 6) is 0.888. The number of thiazole rings is 1. The van der Waals surface area contributed by atoms with Gasteiger partial charge >= 0.3 is 5.97 Å². The molecule has 0 spiro atoms. The summed E-state index contributed by atoms with van der Waals surface area (Å²) in [6.07, 6.45) is 6.60. The van der Waals surface area contributed by atoms with Gasteiger partial charge in [0.25, 0.3) is 0 Å². The molecule has 0 aliphatic heterocycles. The van der Waals surface area contributed by atoms with Crippen molar-refractivity contribution in [2.75, 3.05) is 7.11 Å². The number of para-hydroxylation sites is 1. The van der Waals surface area contributed by atoms with E-state index in [0.29, 0.717) is 0 Å². The second-order valence-corrected chi connectivity index (χ2v) is 9.79. The van der Waals surface area contributed by atoms with Gasteiger partial charge in [0.15, 0.2) is 0 Å². The Morgan fingerprint density at radius 3 is 2.55 bits per heavy atom. The first kappa shape index (κ1) is 18.9. The second kappa shape index (κ2) is 6.97. The number of methoxy groups -OCH3 is 1. The van der Waals surface area contributed by atoms with E-state index in [-0.39, 0.29) is 34.9 Å². The Morgan fingerprint density at radius 2 is 1.86 bits per heavy atom. The molecule has 154 valence electrons. The van der Waals surface area contributed by atoms with Gasteiger partial charge in [-0.3, -0.25) is 9.59 Å². The number of fused-ring (bicyclic) bond motifs is 4. The molecule has 2 bridgehead atoms. The molecule has 1 heterocycles. The van der Waals surface area contributed by atoms with Gasteiger partial charge in [-0.1, -0.05) is 6.07 Å². The van der Waals surface area contributed by atoms with E-state index in [9.17, 15) is 9.59 Å². The van der Waals surface area contributed by atoms with E-state index in [4.69, 9.17) is 9.47 Å². The van der Waals surface area contributed by atoms with Crippen LogP contribution in [-0.4, -0.2) is 35.6 Å². The molecule has 4 aliphatic rings. The molecule has 4 fully saturated rings. The molecule has 6 nitrogen and oxygen atoms in total. The molecule has 0 atom stereocenters. The van der Waals surface area contributed by atoms with E-state index in [2.05, 4.69) is 10.3 Å². The largest absolute Gasteiger partial charge is 0.488 e. The first-order valence-electron chi connectivity index (χ1n) is 10.4. The maximum absolute atomic E-state index is 12.8. The first-order chi connectivity index (χ1) is 14.0. The first-order valence-corrected chi connectivity index (χ1v) is 11.3. The summed E-state index contributed by atoms with van der Waals surface area (Å²) in [6, 6.07) is 5.98. The van der Waals surface area contributed by atoms with Crippen LogP contribution in [0.4, 0.5) is 0 Å². The molecule has 1 amide bonds. The molecular formula is C22H26N2O4S. The third kappa shape index (κ3) is 3.19. The monoisotopic (exact) mass is 414 g/mol. The van der Waals surface area contributed by atoms with Crippen LogP contribution in [0.25, 0.3) is 10.2 Å². The van der Waals surface area contributed by atoms with Gasteiger partial charge in [-0.25, -0.2) is 4.98 Å². The summed E-state index contributed by atoms with van der Waals surface area (Å²) in [4.78, 5) is 29.4. The molecule has 2 aromatic rings. The number of carbonyl (C=O) groups is 2. The molecule has 0 saturated heterocycles. The molecule has 6 rings (SSSR count). The van der Waals surface area contributed by atoms with Gasteiger partial charge < -0.3 is 14.8 Å². The third-order valence-electron chi connectivity index (χ3n) is 7.34. The quantitative estimate of drug-likeness (QED) is 0.753. The van der Waals surface area contributed by atoms with Gasteiger partial charge in [0.1, 0.15) is 17.4 Å². The zero-order chi connectivity index (χ0) is 20.1. The average molecular weight is 415 g/mol. The summed E-state index contributed by atoms with van der Waals surface area (Å²) >= 11 is 1.60. The van der Waals surface area contributed by atoms with E-state index in [1.807, 2.05) is 23.7 Å². The number of nitrogens with zero attached hydrogens (tertiary/aromatic N) is 1. The van der Waals surface area contributed by atoms with Crippen molar-refractivity contribution >= 4 is 33.4 Å². The van der Waals surface area contributed by atoms with E-state index < -0.39 is 0 Å². The molecular weight excluding hydrogens is 388 g/mol. The van der Waals surface area contributed by atoms with Crippen LogP contribution in [0.5, 0.6) is 5.75 Å². The lowest BCUT2D eigenvalue weighted by Crippen LogP contribution is -2.60. The second-order valence-electron chi connectivity index (χ2n) is 8.90. The fraction of sp³-hybridized carbons (Fsp3) is 0.591. The van der Waals surface area contributed by atoms with Crippen molar-refractivity contribution in [1.82, 2.24) is 10.3 Å². The number of carbonyl (C=O) groups excluding carboxylic acids is 2. The van der Waals surface area contributed by atoms with E-state index in [1.165, 1.54) is 7.11 Å². The lowest BCUT2D eigenvalue weighted by molar-refractivity contribution is -0.161. The Bertz CT molecular complexity index is 925. The minimum Gasteiger partial charge on any atom is -0.488 e. The zero-order valence-electron chi connectivity index (χ0n) is 16.6. The van der Waals surface area contributed by atoms with Crippen molar-refractivity contribution < 1.29 is 19.1 Å². The molecule has 0 unspecified atom stereocenters. The van der Waals surface area contributed by atoms with Gasteiger partial charge in [-0.15, -0.1) is 11.3 Å². The summed E-state index contributed by atoms with van der Waals surface area (Å²) in [7, 11) is 1.47. The summed E-state index contributed by atoms with van der Waals surface area (Å²) in [5, 5.41) is 3.35. The lowest BCUT2D eigenvalue weighted by atomic mass is 9.57. The van der Waals surface area contributed by atoms with Crippen LogP contribution in [-0.2, 0) is 14.3 Å². The van der Waals surface area contributed by atoms with Gasteiger partial charge in [0, 0.05) is 11.5 Å². The summed E-state index contributed by atoms with van der Waals surface area (Å²) in [5.41, 5.74) is 2.29. The van der Waals surface area contributed by atoms with Crippen LogP contribution in [0, 0.1) is 11.3 Å². The average Bonchev–Trinajstić information content (AvgIpc) is 3.20. The maximum Gasteiger partial charge on any atom is 0.311 e. The Kier molecular flexibility index (Phi) is 4.53. The van der Waals surface area contributed by atoms with Crippen LogP contribution in [0.1, 0.15) is 51.4 Å². The molecule has 1 N–H and O–H groups in total. The van der Waals surface area contributed by atoms with Crippen LogP contribution >= 0.6 is 11.3 Å². The van der Waals surface area contributed by atoms with Crippen LogP contribution in [0.2, 0.25) is 0 Å².